The van der Waals surface area contributed by atoms with Gasteiger partial charge >= 0.3 is 6.18 Å². The predicted molar refractivity (Wildman–Crippen MR) is 116 cm³/mol. The highest BCUT2D eigenvalue weighted by molar-refractivity contribution is 5.97. The minimum absolute atomic E-state index is 0.0754. The molecule has 2 aromatic heterocycles. The number of anilines is 2. The van der Waals surface area contributed by atoms with Crippen molar-refractivity contribution >= 4 is 28.3 Å². The number of aromatic amines is 1. The van der Waals surface area contributed by atoms with Crippen molar-refractivity contribution in [2.75, 3.05) is 5.32 Å². The van der Waals surface area contributed by atoms with E-state index in [4.69, 9.17) is 5.73 Å². The standard InChI is InChI=1S/C23H16F4N4O2/c1-11-10-17(32)31-22-18(11)16(8-9-29-22)30-13-4-2-12(3-5-13)19-15(24)7-6-14(21(28)33)20(19)23(25,26)27/h2-10H,1H3,(H2,28,33)(H2,29,30,31,32). The number of H-pyrrole nitrogens is 1. The molecule has 0 saturated carbocycles. The lowest BCUT2D eigenvalue weighted by atomic mass is 9.93. The van der Waals surface area contributed by atoms with E-state index in [0.29, 0.717) is 28.0 Å². The highest BCUT2D eigenvalue weighted by atomic mass is 19.4. The minimum atomic E-state index is -5.00. The van der Waals surface area contributed by atoms with E-state index in [-0.39, 0.29) is 11.1 Å². The number of hydrogen-bond acceptors (Lipinski definition) is 4. The summed E-state index contributed by atoms with van der Waals surface area (Å²) in [6.07, 6.45) is -3.50. The molecule has 0 spiro atoms. The van der Waals surface area contributed by atoms with Crippen LogP contribution in [0.25, 0.3) is 22.2 Å². The molecule has 0 saturated heterocycles. The Balaban J connectivity index is 1.77. The maximum Gasteiger partial charge on any atom is 0.417 e. The van der Waals surface area contributed by atoms with Gasteiger partial charge in [0.2, 0.25) is 11.5 Å². The van der Waals surface area contributed by atoms with Crippen LogP contribution in [0.1, 0.15) is 21.5 Å². The summed E-state index contributed by atoms with van der Waals surface area (Å²) in [6.45, 7) is 1.75. The fourth-order valence-electron chi connectivity index (χ4n) is 3.72. The van der Waals surface area contributed by atoms with Crippen LogP contribution in [0.2, 0.25) is 0 Å². The second-order valence-electron chi connectivity index (χ2n) is 7.31. The molecule has 0 atom stereocenters. The summed E-state index contributed by atoms with van der Waals surface area (Å²) in [6, 6.07) is 10.2. The van der Waals surface area contributed by atoms with Gasteiger partial charge in [0.25, 0.3) is 0 Å². The van der Waals surface area contributed by atoms with Crippen LogP contribution in [0, 0.1) is 12.7 Å². The number of aromatic nitrogens is 2. The first-order chi connectivity index (χ1) is 15.6. The van der Waals surface area contributed by atoms with Crippen molar-refractivity contribution in [2.45, 2.75) is 13.1 Å². The first kappa shape index (κ1) is 22.0. The quantitative estimate of drug-likeness (QED) is 0.380. The molecule has 0 bridgehead atoms. The van der Waals surface area contributed by atoms with Crippen molar-refractivity contribution in [2.24, 2.45) is 5.73 Å². The number of fused-ring (bicyclic) bond motifs is 1. The van der Waals surface area contributed by atoms with Crippen LogP contribution in [0.5, 0.6) is 0 Å². The van der Waals surface area contributed by atoms with E-state index in [0.717, 1.165) is 12.1 Å². The molecule has 33 heavy (non-hydrogen) atoms. The summed E-state index contributed by atoms with van der Waals surface area (Å²) in [4.78, 5) is 30.0. The van der Waals surface area contributed by atoms with Crippen molar-refractivity contribution in [1.82, 2.24) is 9.97 Å². The van der Waals surface area contributed by atoms with Crippen molar-refractivity contribution < 1.29 is 22.4 Å². The number of alkyl halides is 3. The van der Waals surface area contributed by atoms with Crippen LogP contribution in [0.4, 0.5) is 28.9 Å². The number of nitrogens with two attached hydrogens (primary N) is 1. The largest absolute Gasteiger partial charge is 0.417 e. The molecule has 6 nitrogen and oxygen atoms in total. The van der Waals surface area contributed by atoms with E-state index in [1.807, 2.05) is 0 Å². The van der Waals surface area contributed by atoms with Gasteiger partial charge in [0.1, 0.15) is 11.5 Å². The first-order valence-corrected chi connectivity index (χ1v) is 9.62. The Morgan fingerprint density at radius 1 is 1.09 bits per heavy atom. The number of nitrogens with one attached hydrogen (secondary N) is 2. The number of hydrogen-bond donors (Lipinski definition) is 3. The molecule has 0 aliphatic carbocycles. The summed E-state index contributed by atoms with van der Waals surface area (Å²) in [5.74, 6) is -2.44. The molecule has 0 fully saturated rings. The third-order valence-corrected chi connectivity index (χ3v) is 5.09. The third-order valence-electron chi connectivity index (χ3n) is 5.09. The monoisotopic (exact) mass is 456 g/mol. The van der Waals surface area contributed by atoms with Gasteiger partial charge in [-0.2, -0.15) is 13.2 Å². The summed E-state index contributed by atoms with van der Waals surface area (Å²) in [5, 5.41) is 3.79. The summed E-state index contributed by atoms with van der Waals surface area (Å²) in [7, 11) is 0. The minimum Gasteiger partial charge on any atom is -0.366 e. The zero-order chi connectivity index (χ0) is 23.9. The second-order valence-corrected chi connectivity index (χ2v) is 7.31. The van der Waals surface area contributed by atoms with Gasteiger partial charge < -0.3 is 16.0 Å². The lowest BCUT2D eigenvalue weighted by molar-refractivity contribution is -0.137. The van der Waals surface area contributed by atoms with E-state index in [1.165, 1.54) is 36.5 Å². The van der Waals surface area contributed by atoms with Gasteiger partial charge in [0, 0.05) is 28.9 Å². The fraction of sp³-hybridized carbons (Fsp3) is 0.0870. The summed E-state index contributed by atoms with van der Waals surface area (Å²) in [5.41, 5.74) is 3.89. The molecular weight excluding hydrogens is 440 g/mol. The number of aryl methyl sites for hydroxylation is 1. The number of pyridine rings is 2. The predicted octanol–water partition coefficient (Wildman–Crippen LogP) is 4.90. The maximum absolute atomic E-state index is 14.5. The van der Waals surface area contributed by atoms with E-state index in [1.54, 1.807) is 13.0 Å². The Morgan fingerprint density at radius 2 is 1.79 bits per heavy atom. The second kappa shape index (κ2) is 8.05. The molecule has 0 aliphatic heterocycles. The molecule has 10 heteroatoms. The topological polar surface area (TPSA) is 101 Å². The molecule has 4 N–H and O–H groups in total. The average molecular weight is 456 g/mol. The van der Waals surface area contributed by atoms with Gasteiger partial charge in [0.15, 0.2) is 0 Å². The summed E-state index contributed by atoms with van der Waals surface area (Å²) >= 11 is 0. The van der Waals surface area contributed by atoms with E-state index < -0.39 is 34.6 Å². The molecule has 168 valence electrons. The Bertz CT molecular complexity index is 1440. The molecule has 4 rings (SSSR count). The number of halogens is 4. The third kappa shape index (κ3) is 4.14. The van der Waals surface area contributed by atoms with Crippen LogP contribution in [0.15, 0.2) is 59.5 Å². The lowest BCUT2D eigenvalue weighted by Gasteiger charge is -2.17. The summed E-state index contributed by atoms with van der Waals surface area (Å²) < 4.78 is 55.6. The Kier molecular flexibility index (Phi) is 5.36. The Labute approximate surface area is 184 Å². The van der Waals surface area contributed by atoms with Crippen molar-refractivity contribution in [3.63, 3.8) is 0 Å². The molecule has 0 unspecified atom stereocenters. The molecule has 2 heterocycles. The number of carbonyl (C=O) groups is 1. The van der Waals surface area contributed by atoms with E-state index in [2.05, 4.69) is 15.3 Å². The van der Waals surface area contributed by atoms with Crippen molar-refractivity contribution in [1.29, 1.82) is 0 Å². The van der Waals surface area contributed by atoms with Gasteiger partial charge in [-0.25, -0.2) is 9.37 Å². The molecule has 1 amide bonds. The molecule has 2 aromatic carbocycles. The van der Waals surface area contributed by atoms with Gasteiger partial charge in [-0.3, -0.25) is 9.59 Å². The smallest absolute Gasteiger partial charge is 0.366 e. The molecule has 0 aliphatic rings. The first-order valence-electron chi connectivity index (χ1n) is 9.62. The number of nitrogens with zero attached hydrogens (tertiary/aromatic N) is 1. The average Bonchev–Trinajstić information content (AvgIpc) is 2.73. The molecule has 0 radical (unpaired) electrons. The van der Waals surface area contributed by atoms with Crippen LogP contribution in [-0.2, 0) is 6.18 Å². The van der Waals surface area contributed by atoms with Gasteiger partial charge in [-0.15, -0.1) is 0 Å². The normalized spacial score (nSPS) is 11.5. The maximum atomic E-state index is 14.5. The number of rotatable bonds is 4. The number of amides is 1. The number of benzene rings is 2. The highest BCUT2D eigenvalue weighted by Gasteiger charge is 2.39. The van der Waals surface area contributed by atoms with Gasteiger partial charge in [0.05, 0.1) is 16.8 Å². The molecular formula is C23H16F4N4O2. The van der Waals surface area contributed by atoms with Crippen LogP contribution in [0.3, 0.4) is 0 Å². The van der Waals surface area contributed by atoms with Crippen LogP contribution >= 0.6 is 0 Å². The van der Waals surface area contributed by atoms with Crippen LogP contribution < -0.4 is 16.6 Å². The lowest BCUT2D eigenvalue weighted by Crippen LogP contribution is -2.20. The van der Waals surface area contributed by atoms with Crippen molar-refractivity contribution in [3.05, 3.63) is 87.6 Å². The Morgan fingerprint density at radius 3 is 2.42 bits per heavy atom. The van der Waals surface area contributed by atoms with Crippen LogP contribution in [-0.4, -0.2) is 15.9 Å². The zero-order valence-electron chi connectivity index (χ0n) is 17.0. The molecule has 4 aromatic rings. The van der Waals surface area contributed by atoms with Gasteiger partial charge in [-0.05, 0) is 48.4 Å². The van der Waals surface area contributed by atoms with E-state index in [9.17, 15) is 27.2 Å². The Hall–Kier alpha value is -4.21. The highest BCUT2D eigenvalue weighted by Crippen LogP contribution is 2.41. The number of carbonyl (C=O) groups excluding carboxylic acids is 1. The number of primary amides is 1. The van der Waals surface area contributed by atoms with Crippen molar-refractivity contribution in [3.8, 4) is 11.1 Å². The zero-order valence-corrected chi connectivity index (χ0v) is 17.0. The van der Waals surface area contributed by atoms with Gasteiger partial charge in [-0.1, -0.05) is 12.1 Å². The van der Waals surface area contributed by atoms with E-state index >= 15 is 0 Å². The fourth-order valence-corrected chi connectivity index (χ4v) is 3.72. The SMILES string of the molecule is Cc1cc(=O)[nH]c2nccc(Nc3ccc(-c4c(F)ccc(C(N)=O)c4C(F)(F)F)cc3)c12.